The van der Waals surface area contributed by atoms with Gasteiger partial charge in [0.25, 0.3) is 11.8 Å². The molecule has 2 atom stereocenters. The summed E-state index contributed by atoms with van der Waals surface area (Å²) >= 11 is 1.23. The first kappa shape index (κ1) is 18.9. The number of β-lactam (4-membered cyclic amide) rings is 1. The van der Waals surface area contributed by atoms with Gasteiger partial charge in [-0.15, -0.1) is 11.8 Å². The van der Waals surface area contributed by atoms with E-state index in [1.165, 1.54) is 36.9 Å². The van der Waals surface area contributed by atoms with E-state index in [1.807, 2.05) is 0 Å². The van der Waals surface area contributed by atoms with Gasteiger partial charge in [-0.25, -0.2) is 9.18 Å². The molecule has 8 nitrogen and oxygen atoms in total. The molecular weight excluding hydrogens is 379 g/mol. The SMILES string of the molecule is CC(=O)OCC1=C(C(=O)O)N2C(=O)[C@@H](NC(=O)c3ccccc3F)[C@@H]2SC1. The average molecular weight is 394 g/mol. The standard InChI is InChI=1S/C17H15FN2O6S/c1-8(21)26-6-9-7-27-16-12(15(23)20(16)13(9)17(24)25)19-14(22)10-4-2-3-5-11(10)18/h2-5,12,16H,6-7H2,1H3,(H,19,22)(H,24,25)/t12-,16+/m1/s1. The lowest BCUT2D eigenvalue weighted by molar-refractivity contribution is -0.149. The second-order valence-corrected chi connectivity index (χ2v) is 6.98. The lowest BCUT2D eigenvalue weighted by atomic mass is 10.0. The molecule has 1 fully saturated rings. The first-order chi connectivity index (χ1) is 12.8. The number of fused-ring (bicyclic) bond motifs is 1. The van der Waals surface area contributed by atoms with Crippen LogP contribution in [0.3, 0.4) is 0 Å². The smallest absolute Gasteiger partial charge is 0.352 e. The number of carbonyl (C=O) groups is 4. The Morgan fingerprint density at radius 1 is 1.37 bits per heavy atom. The number of nitrogens with one attached hydrogen (secondary N) is 1. The molecule has 1 saturated heterocycles. The molecule has 142 valence electrons. The molecule has 0 unspecified atom stereocenters. The lowest BCUT2D eigenvalue weighted by Gasteiger charge is -2.49. The predicted octanol–water partition coefficient (Wildman–Crippen LogP) is 0.741. The van der Waals surface area contributed by atoms with Gasteiger partial charge in [-0.3, -0.25) is 19.3 Å². The number of ether oxygens (including phenoxy) is 1. The molecule has 27 heavy (non-hydrogen) atoms. The van der Waals surface area contributed by atoms with E-state index in [0.717, 1.165) is 11.0 Å². The third-order valence-electron chi connectivity index (χ3n) is 4.10. The molecule has 0 aliphatic carbocycles. The van der Waals surface area contributed by atoms with E-state index in [1.54, 1.807) is 0 Å². The number of carboxylic acids is 1. The van der Waals surface area contributed by atoms with Crippen LogP contribution in [0.25, 0.3) is 0 Å². The van der Waals surface area contributed by atoms with E-state index in [9.17, 15) is 28.7 Å². The van der Waals surface area contributed by atoms with Crippen molar-refractivity contribution in [3.8, 4) is 0 Å². The van der Waals surface area contributed by atoms with Crippen LogP contribution >= 0.6 is 11.8 Å². The maximum absolute atomic E-state index is 13.7. The molecule has 10 heteroatoms. The van der Waals surface area contributed by atoms with Crippen LogP contribution in [0.2, 0.25) is 0 Å². The van der Waals surface area contributed by atoms with Gasteiger partial charge in [-0.2, -0.15) is 0 Å². The van der Waals surface area contributed by atoms with Gasteiger partial charge < -0.3 is 15.2 Å². The van der Waals surface area contributed by atoms with Gasteiger partial charge in [0.05, 0.1) is 5.56 Å². The van der Waals surface area contributed by atoms with Crippen molar-refractivity contribution in [1.29, 1.82) is 0 Å². The predicted molar refractivity (Wildman–Crippen MR) is 92.0 cm³/mol. The molecule has 0 bridgehead atoms. The van der Waals surface area contributed by atoms with Gasteiger partial charge in [0.2, 0.25) is 0 Å². The van der Waals surface area contributed by atoms with E-state index < -0.39 is 41.0 Å². The van der Waals surface area contributed by atoms with Crippen molar-refractivity contribution in [2.45, 2.75) is 18.3 Å². The van der Waals surface area contributed by atoms with Crippen LogP contribution in [0.5, 0.6) is 0 Å². The Hall–Kier alpha value is -2.88. The van der Waals surface area contributed by atoms with E-state index in [4.69, 9.17) is 4.74 Å². The summed E-state index contributed by atoms with van der Waals surface area (Å²) < 4.78 is 18.6. The minimum absolute atomic E-state index is 0.200. The fourth-order valence-corrected chi connectivity index (χ4v) is 4.17. The number of carbonyl (C=O) groups excluding carboxylic acids is 3. The number of carboxylic acid groups (broad SMARTS) is 1. The Bertz CT molecular complexity index is 871. The molecule has 0 aromatic heterocycles. The first-order valence-electron chi connectivity index (χ1n) is 7.90. The number of thioether (sulfide) groups is 1. The van der Waals surface area contributed by atoms with Crippen LogP contribution in [0.15, 0.2) is 35.5 Å². The van der Waals surface area contributed by atoms with Crippen molar-refractivity contribution in [2.75, 3.05) is 12.4 Å². The van der Waals surface area contributed by atoms with Crippen LogP contribution in [0.1, 0.15) is 17.3 Å². The molecule has 2 amide bonds. The molecule has 0 saturated carbocycles. The van der Waals surface area contributed by atoms with E-state index in [-0.39, 0.29) is 23.6 Å². The van der Waals surface area contributed by atoms with E-state index in [2.05, 4.69) is 5.32 Å². The maximum Gasteiger partial charge on any atom is 0.352 e. The molecule has 2 N–H and O–H groups in total. The van der Waals surface area contributed by atoms with Crippen molar-refractivity contribution < 1.29 is 33.4 Å². The summed E-state index contributed by atoms with van der Waals surface area (Å²) in [6.07, 6.45) is 0. The molecule has 2 aliphatic heterocycles. The Kier molecular flexibility index (Phi) is 5.17. The summed E-state index contributed by atoms with van der Waals surface area (Å²) in [5, 5.41) is 11.3. The first-order valence-corrected chi connectivity index (χ1v) is 8.95. The topological polar surface area (TPSA) is 113 Å². The lowest BCUT2D eigenvalue weighted by Crippen LogP contribution is -2.70. The van der Waals surface area contributed by atoms with Crippen molar-refractivity contribution in [2.24, 2.45) is 0 Å². The minimum Gasteiger partial charge on any atom is -0.477 e. The Labute approximate surface area is 157 Å². The summed E-state index contributed by atoms with van der Waals surface area (Å²) in [6, 6.07) is 4.39. The van der Waals surface area contributed by atoms with Crippen LogP contribution in [0.4, 0.5) is 4.39 Å². The zero-order chi connectivity index (χ0) is 19.7. The zero-order valence-corrected chi connectivity index (χ0v) is 14.9. The Morgan fingerprint density at radius 2 is 2.07 bits per heavy atom. The minimum atomic E-state index is -1.32. The quantitative estimate of drug-likeness (QED) is 0.559. The number of benzene rings is 1. The van der Waals surface area contributed by atoms with Gasteiger partial charge in [0.15, 0.2) is 0 Å². The van der Waals surface area contributed by atoms with Crippen LogP contribution < -0.4 is 5.32 Å². The summed E-state index contributed by atoms with van der Waals surface area (Å²) in [4.78, 5) is 48.3. The van der Waals surface area contributed by atoms with Crippen molar-refractivity contribution in [3.05, 3.63) is 46.9 Å². The van der Waals surface area contributed by atoms with Gasteiger partial charge >= 0.3 is 11.9 Å². The number of hydrogen-bond acceptors (Lipinski definition) is 6. The molecule has 0 radical (unpaired) electrons. The summed E-state index contributed by atoms with van der Waals surface area (Å²) in [5.41, 5.74) is -0.151. The Balaban J connectivity index is 1.77. The normalized spacial score (nSPS) is 21.3. The monoisotopic (exact) mass is 394 g/mol. The fraction of sp³-hybridized carbons (Fsp3) is 0.294. The largest absolute Gasteiger partial charge is 0.477 e. The molecule has 1 aromatic carbocycles. The number of halogens is 1. The summed E-state index contributed by atoms with van der Waals surface area (Å²) in [7, 11) is 0. The van der Waals surface area contributed by atoms with Gasteiger partial charge in [0.1, 0.15) is 29.5 Å². The molecule has 0 spiro atoms. The van der Waals surface area contributed by atoms with Crippen LogP contribution in [-0.2, 0) is 19.1 Å². The number of rotatable bonds is 5. The highest BCUT2D eigenvalue weighted by Gasteiger charge is 2.54. The highest BCUT2D eigenvalue weighted by Crippen LogP contribution is 2.40. The number of amides is 2. The van der Waals surface area contributed by atoms with E-state index >= 15 is 0 Å². The van der Waals surface area contributed by atoms with Gasteiger partial charge in [-0.05, 0) is 12.1 Å². The van der Waals surface area contributed by atoms with E-state index in [0.29, 0.717) is 5.57 Å². The van der Waals surface area contributed by atoms with Crippen molar-refractivity contribution in [1.82, 2.24) is 10.2 Å². The number of nitrogens with zero attached hydrogens (tertiary/aromatic N) is 1. The molecule has 2 heterocycles. The molecule has 1 aromatic rings. The second kappa shape index (κ2) is 7.39. The average Bonchev–Trinajstić information content (AvgIpc) is 2.63. The van der Waals surface area contributed by atoms with Gasteiger partial charge in [0, 0.05) is 18.2 Å². The van der Waals surface area contributed by atoms with Gasteiger partial charge in [-0.1, -0.05) is 12.1 Å². The highest BCUT2D eigenvalue weighted by molar-refractivity contribution is 8.00. The number of esters is 1. The van der Waals surface area contributed by atoms with Crippen molar-refractivity contribution in [3.63, 3.8) is 0 Å². The Morgan fingerprint density at radius 3 is 2.70 bits per heavy atom. The third-order valence-corrected chi connectivity index (χ3v) is 5.44. The molecule has 2 aliphatic rings. The summed E-state index contributed by atoms with van der Waals surface area (Å²) in [6.45, 7) is 0.968. The molecular formula is C17H15FN2O6S. The van der Waals surface area contributed by atoms with Crippen LogP contribution in [-0.4, -0.2) is 57.5 Å². The summed E-state index contributed by atoms with van der Waals surface area (Å²) in [5.74, 6) is -3.76. The fourth-order valence-electron chi connectivity index (χ4n) is 2.85. The number of aliphatic carboxylic acids is 1. The number of hydrogen-bond donors (Lipinski definition) is 2. The zero-order valence-electron chi connectivity index (χ0n) is 14.1. The highest BCUT2D eigenvalue weighted by atomic mass is 32.2. The molecule has 3 rings (SSSR count). The second-order valence-electron chi connectivity index (χ2n) is 5.88. The maximum atomic E-state index is 13.7. The third kappa shape index (κ3) is 3.52. The van der Waals surface area contributed by atoms with Crippen LogP contribution in [0, 0.1) is 5.82 Å². The van der Waals surface area contributed by atoms with Crippen molar-refractivity contribution >= 4 is 35.5 Å².